The molecule has 7 heteroatoms. The molecule has 0 aliphatic carbocycles. The van der Waals surface area contributed by atoms with Gasteiger partial charge in [0.05, 0.1) is 22.8 Å². The van der Waals surface area contributed by atoms with Gasteiger partial charge >= 0.3 is 0 Å². The summed E-state index contributed by atoms with van der Waals surface area (Å²) in [6.45, 7) is 1.88. The number of rotatable bonds is 7. The zero-order chi connectivity index (χ0) is 20.1. The lowest BCUT2D eigenvalue weighted by atomic mass is 10.1. The monoisotopic (exact) mass is 397 g/mol. The van der Waals surface area contributed by atoms with Crippen molar-refractivity contribution in [3.05, 3.63) is 78.1 Å². The largest absolute Gasteiger partial charge is 0.350 e. The van der Waals surface area contributed by atoms with Crippen LogP contribution >= 0.6 is 0 Å². The predicted molar refractivity (Wildman–Crippen MR) is 108 cm³/mol. The minimum atomic E-state index is -3.22. The summed E-state index contributed by atoms with van der Waals surface area (Å²) >= 11 is 0. The lowest BCUT2D eigenvalue weighted by Crippen LogP contribution is -2.26. The van der Waals surface area contributed by atoms with Crippen LogP contribution in [0.15, 0.2) is 71.9 Å². The molecule has 1 heterocycles. The molecule has 6 nitrogen and oxygen atoms in total. The van der Waals surface area contributed by atoms with E-state index < -0.39 is 9.84 Å². The molecule has 0 bridgehead atoms. The quantitative estimate of drug-likeness (QED) is 0.664. The Morgan fingerprint density at radius 3 is 2.43 bits per heavy atom. The maximum atomic E-state index is 12.3. The Bertz CT molecular complexity index is 1040. The summed E-state index contributed by atoms with van der Waals surface area (Å²) in [5.41, 5.74) is 2.83. The van der Waals surface area contributed by atoms with E-state index in [2.05, 4.69) is 10.4 Å². The van der Waals surface area contributed by atoms with Crippen molar-refractivity contribution in [1.29, 1.82) is 0 Å². The lowest BCUT2D eigenvalue weighted by molar-refractivity contribution is -0.121. The van der Waals surface area contributed by atoms with E-state index in [-0.39, 0.29) is 16.8 Å². The molecule has 1 amide bonds. The van der Waals surface area contributed by atoms with Gasteiger partial charge < -0.3 is 5.32 Å². The average molecular weight is 398 g/mol. The standard InChI is InChI=1S/C21H23N3O3S/c1-16(18-9-11-20(12-10-18)28(2,26)27)23-21(25)13-8-17-14-22-24(15-17)19-6-4-3-5-7-19/h3-7,9-12,14-16H,8,13H2,1-2H3,(H,23,25). The molecule has 3 rings (SSSR count). The number of aryl methyl sites for hydroxylation is 1. The highest BCUT2D eigenvalue weighted by Gasteiger charge is 2.12. The first-order valence-corrected chi connectivity index (χ1v) is 10.9. The molecular weight excluding hydrogens is 374 g/mol. The number of hydrogen-bond donors (Lipinski definition) is 1. The van der Waals surface area contributed by atoms with Crippen molar-refractivity contribution in [1.82, 2.24) is 15.1 Å². The van der Waals surface area contributed by atoms with Crippen molar-refractivity contribution in [2.45, 2.75) is 30.7 Å². The topological polar surface area (TPSA) is 81.1 Å². The molecule has 2 aromatic carbocycles. The number of para-hydroxylation sites is 1. The van der Waals surface area contributed by atoms with Gasteiger partial charge in [-0.3, -0.25) is 4.79 Å². The number of amides is 1. The van der Waals surface area contributed by atoms with E-state index in [1.54, 1.807) is 35.1 Å². The van der Waals surface area contributed by atoms with E-state index >= 15 is 0 Å². The molecule has 0 saturated carbocycles. The second kappa shape index (κ2) is 8.39. The third kappa shape index (κ3) is 5.07. The number of carbonyl (C=O) groups is 1. The minimum Gasteiger partial charge on any atom is -0.350 e. The summed E-state index contributed by atoms with van der Waals surface area (Å²) in [5, 5.41) is 7.28. The molecule has 1 unspecified atom stereocenters. The van der Waals surface area contributed by atoms with Gasteiger partial charge in [0.15, 0.2) is 9.84 Å². The first-order valence-electron chi connectivity index (χ1n) is 9.01. The van der Waals surface area contributed by atoms with E-state index in [9.17, 15) is 13.2 Å². The Morgan fingerprint density at radius 1 is 1.11 bits per heavy atom. The summed E-state index contributed by atoms with van der Waals surface area (Å²) in [6, 6.07) is 16.2. The molecule has 1 aromatic heterocycles. The fourth-order valence-electron chi connectivity index (χ4n) is 2.87. The zero-order valence-corrected chi connectivity index (χ0v) is 16.7. The number of carbonyl (C=O) groups excluding carboxylic acids is 1. The number of aromatic nitrogens is 2. The number of sulfone groups is 1. The van der Waals surface area contributed by atoms with Gasteiger partial charge in [-0.2, -0.15) is 5.10 Å². The molecule has 0 spiro atoms. The molecule has 146 valence electrons. The highest BCUT2D eigenvalue weighted by Crippen LogP contribution is 2.16. The first-order chi connectivity index (χ1) is 13.3. The van der Waals surface area contributed by atoms with Gasteiger partial charge in [0.2, 0.25) is 5.91 Å². The number of hydrogen-bond acceptors (Lipinski definition) is 4. The normalized spacial score (nSPS) is 12.5. The summed E-state index contributed by atoms with van der Waals surface area (Å²) < 4.78 is 24.8. The second-order valence-corrected chi connectivity index (χ2v) is 8.77. The van der Waals surface area contributed by atoms with Crippen LogP contribution in [0.5, 0.6) is 0 Å². The van der Waals surface area contributed by atoms with E-state index in [0.29, 0.717) is 12.8 Å². The van der Waals surface area contributed by atoms with Crippen molar-refractivity contribution in [2.24, 2.45) is 0 Å². The smallest absolute Gasteiger partial charge is 0.220 e. The molecule has 1 atom stereocenters. The molecule has 0 aliphatic rings. The van der Waals surface area contributed by atoms with E-state index in [1.807, 2.05) is 43.5 Å². The fraction of sp³-hybridized carbons (Fsp3) is 0.238. The maximum absolute atomic E-state index is 12.3. The van der Waals surface area contributed by atoms with Crippen LogP contribution < -0.4 is 5.32 Å². The van der Waals surface area contributed by atoms with Crippen LogP contribution in [0, 0.1) is 0 Å². The van der Waals surface area contributed by atoms with Crippen molar-refractivity contribution >= 4 is 15.7 Å². The highest BCUT2D eigenvalue weighted by molar-refractivity contribution is 7.90. The summed E-state index contributed by atoms with van der Waals surface area (Å²) in [4.78, 5) is 12.5. The van der Waals surface area contributed by atoms with Gasteiger partial charge in [-0.05, 0) is 48.7 Å². The van der Waals surface area contributed by atoms with Gasteiger partial charge in [0.1, 0.15) is 0 Å². The van der Waals surface area contributed by atoms with Crippen LogP contribution in [0.4, 0.5) is 0 Å². The SMILES string of the molecule is CC(NC(=O)CCc1cnn(-c2ccccc2)c1)c1ccc(S(C)(=O)=O)cc1. The van der Waals surface area contributed by atoms with Gasteiger partial charge in [-0.1, -0.05) is 30.3 Å². The zero-order valence-electron chi connectivity index (χ0n) is 15.9. The van der Waals surface area contributed by atoms with Crippen LogP contribution in [0.25, 0.3) is 5.69 Å². The second-order valence-electron chi connectivity index (χ2n) is 6.76. The average Bonchev–Trinajstić information content (AvgIpc) is 3.15. The van der Waals surface area contributed by atoms with Gasteiger partial charge in [-0.25, -0.2) is 13.1 Å². The Morgan fingerprint density at radius 2 is 1.79 bits per heavy atom. The molecular formula is C21H23N3O3S. The molecule has 0 aliphatic heterocycles. The van der Waals surface area contributed by atoms with Crippen LogP contribution in [-0.4, -0.2) is 30.4 Å². The van der Waals surface area contributed by atoms with Crippen LogP contribution in [-0.2, 0) is 21.1 Å². The minimum absolute atomic E-state index is 0.0628. The van der Waals surface area contributed by atoms with E-state index in [1.165, 1.54) is 6.26 Å². The molecule has 0 fully saturated rings. The van der Waals surface area contributed by atoms with Crippen molar-refractivity contribution in [3.8, 4) is 5.69 Å². The van der Waals surface area contributed by atoms with Gasteiger partial charge in [0, 0.05) is 18.9 Å². The van der Waals surface area contributed by atoms with E-state index in [0.717, 1.165) is 16.8 Å². The Hall–Kier alpha value is -2.93. The Kier molecular flexibility index (Phi) is 5.94. The highest BCUT2D eigenvalue weighted by atomic mass is 32.2. The number of nitrogens with zero attached hydrogens (tertiary/aromatic N) is 2. The van der Waals surface area contributed by atoms with Gasteiger partial charge in [0.25, 0.3) is 0 Å². The van der Waals surface area contributed by atoms with Crippen LogP contribution in [0.1, 0.15) is 30.5 Å². The van der Waals surface area contributed by atoms with E-state index in [4.69, 9.17) is 0 Å². The van der Waals surface area contributed by atoms with Crippen LogP contribution in [0.2, 0.25) is 0 Å². The third-order valence-corrected chi connectivity index (χ3v) is 5.61. The van der Waals surface area contributed by atoms with Gasteiger partial charge in [-0.15, -0.1) is 0 Å². The van der Waals surface area contributed by atoms with Crippen LogP contribution in [0.3, 0.4) is 0 Å². The third-order valence-electron chi connectivity index (χ3n) is 4.48. The molecule has 28 heavy (non-hydrogen) atoms. The molecule has 0 saturated heterocycles. The predicted octanol–water partition coefficient (Wildman–Crippen LogP) is 3.09. The maximum Gasteiger partial charge on any atom is 0.220 e. The van der Waals surface area contributed by atoms with Crippen molar-refractivity contribution in [2.75, 3.05) is 6.26 Å². The Labute approximate surface area is 165 Å². The summed E-state index contributed by atoms with van der Waals surface area (Å²) in [7, 11) is -3.22. The Balaban J connectivity index is 1.54. The molecule has 3 aromatic rings. The summed E-state index contributed by atoms with van der Waals surface area (Å²) in [6.07, 6.45) is 5.82. The summed E-state index contributed by atoms with van der Waals surface area (Å²) in [5.74, 6) is -0.0628. The number of nitrogens with one attached hydrogen (secondary N) is 1. The lowest BCUT2D eigenvalue weighted by Gasteiger charge is -2.14. The molecule has 1 N–H and O–H groups in total. The molecule has 0 radical (unpaired) electrons. The first kappa shape index (κ1) is 19.8. The van der Waals surface area contributed by atoms with Crippen molar-refractivity contribution in [3.63, 3.8) is 0 Å². The number of benzene rings is 2. The van der Waals surface area contributed by atoms with Crippen molar-refractivity contribution < 1.29 is 13.2 Å². The fourth-order valence-corrected chi connectivity index (χ4v) is 3.50.